The van der Waals surface area contributed by atoms with E-state index in [2.05, 4.69) is 0 Å². The lowest BCUT2D eigenvalue weighted by Crippen LogP contribution is -1.93. The largest absolute Gasteiger partial charge is 0.497 e. The molecule has 0 amide bonds. The molecular weight excluding hydrogens is 256 g/mol. The van der Waals surface area contributed by atoms with Crippen molar-refractivity contribution in [3.63, 3.8) is 0 Å². The van der Waals surface area contributed by atoms with Gasteiger partial charge >= 0.3 is 0 Å². The molecule has 0 saturated carbocycles. The van der Waals surface area contributed by atoms with E-state index in [0.29, 0.717) is 17.9 Å². The lowest BCUT2D eigenvalue weighted by molar-refractivity contribution is 0.104. The van der Waals surface area contributed by atoms with Crippen LogP contribution in [0.2, 0.25) is 0 Å². The van der Waals surface area contributed by atoms with E-state index < -0.39 is 0 Å². The van der Waals surface area contributed by atoms with Gasteiger partial charge in [-0.15, -0.1) is 0 Å². The average molecular weight is 272 g/mol. The molecule has 0 aliphatic rings. The average Bonchev–Trinajstić information content (AvgIpc) is 2.93. The SMILES string of the molecule is COCc1ccc(/C=C/C(=O)c2ccc(OC)cc2)o1. The third-order valence-corrected chi connectivity index (χ3v) is 2.74. The topological polar surface area (TPSA) is 48.7 Å². The number of methoxy groups -OCH3 is 2. The van der Waals surface area contributed by atoms with E-state index >= 15 is 0 Å². The lowest BCUT2D eigenvalue weighted by atomic mass is 10.1. The number of hydrogen-bond donors (Lipinski definition) is 0. The molecule has 0 aliphatic heterocycles. The lowest BCUT2D eigenvalue weighted by Gasteiger charge is -1.99. The van der Waals surface area contributed by atoms with Crippen LogP contribution in [0.3, 0.4) is 0 Å². The quantitative estimate of drug-likeness (QED) is 0.598. The first kappa shape index (κ1) is 14.1. The van der Waals surface area contributed by atoms with Crippen molar-refractivity contribution in [2.75, 3.05) is 14.2 Å². The summed E-state index contributed by atoms with van der Waals surface area (Å²) in [6.45, 7) is 0.417. The molecule has 0 spiro atoms. The van der Waals surface area contributed by atoms with Gasteiger partial charge in [-0.2, -0.15) is 0 Å². The Balaban J connectivity index is 2.03. The van der Waals surface area contributed by atoms with Crippen LogP contribution in [0.4, 0.5) is 0 Å². The van der Waals surface area contributed by atoms with E-state index in [1.165, 1.54) is 6.08 Å². The molecule has 0 bridgehead atoms. The van der Waals surface area contributed by atoms with Crippen molar-refractivity contribution in [1.29, 1.82) is 0 Å². The van der Waals surface area contributed by atoms with Crippen LogP contribution in [0, 0.1) is 0 Å². The van der Waals surface area contributed by atoms with Gasteiger partial charge in [0.1, 0.15) is 23.9 Å². The highest BCUT2D eigenvalue weighted by Crippen LogP contribution is 2.14. The first-order valence-corrected chi connectivity index (χ1v) is 6.17. The van der Waals surface area contributed by atoms with Crippen LogP contribution in [0.1, 0.15) is 21.9 Å². The second-order valence-corrected chi connectivity index (χ2v) is 4.16. The monoisotopic (exact) mass is 272 g/mol. The van der Waals surface area contributed by atoms with Crippen LogP contribution in [0.25, 0.3) is 6.08 Å². The van der Waals surface area contributed by atoms with Crippen LogP contribution in [-0.2, 0) is 11.3 Å². The van der Waals surface area contributed by atoms with E-state index in [9.17, 15) is 4.79 Å². The van der Waals surface area contributed by atoms with E-state index in [-0.39, 0.29) is 5.78 Å². The number of benzene rings is 1. The van der Waals surface area contributed by atoms with E-state index in [1.54, 1.807) is 50.6 Å². The Morgan fingerprint density at radius 3 is 2.55 bits per heavy atom. The summed E-state index contributed by atoms with van der Waals surface area (Å²) in [5, 5.41) is 0. The molecule has 1 heterocycles. The summed E-state index contributed by atoms with van der Waals surface area (Å²) in [4.78, 5) is 12.0. The van der Waals surface area contributed by atoms with Crippen LogP contribution in [0.5, 0.6) is 5.75 Å². The number of carbonyl (C=O) groups is 1. The molecule has 20 heavy (non-hydrogen) atoms. The molecule has 0 radical (unpaired) electrons. The maximum Gasteiger partial charge on any atom is 0.185 e. The van der Waals surface area contributed by atoms with Crippen LogP contribution >= 0.6 is 0 Å². The molecule has 4 heteroatoms. The van der Waals surface area contributed by atoms with Gasteiger partial charge in [0.2, 0.25) is 0 Å². The molecule has 0 unspecified atom stereocenters. The molecule has 2 aromatic rings. The number of allylic oxidation sites excluding steroid dienone is 1. The summed E-state index contributed by atoms with van der Waals surface area (Å²) >= 11 is 0. The Hall–Kier alpha value is -2.33. The molecule has 0 aliphatic carbocycles. The number of hydrogen-bond acceptors (Lipinski definition) is 4. The van der Waals surface area contributed by atoms with Crippen molar-refractivity contribution in [1.82, 2.24) is 0 Å². The second kappa shape index (κ2) is 6.73. The molecule has 104 valence electrons. The summed E-state index contributed by atoms with van der Waals surface area (Å²) in [5.41, 5.74) is 0.603. The molecule has 0 atom stereocenters. The number of rotatable bonds is 6. The van der Waals surface area contributed by atoms with Gasteiger partial charge in [0.05, 0.1) is 7.11 Å². The van der Waals surface area contributed by atoms with Crippen LogP contribution in [-0.4, -0.2) is 20.0 Å². The number of furan rings is 1. The third kappa shape index (κ3) is 3.59. The number of ketones is 1. The molecule has 4 nitrogen and oxygen atoms in total. The zero-order valence-corrected chi connectivity index (χ0v) is 11.5. The van der Waals surface area contributed by atoms with Gasteiger partial charge in [0, 0.05) is 12.7 Å². The van der Waals surface area contributed by atoms with Gasteiger partial charge in [0.25, 0.3) is 0 Å². The van der Waals surface area contributed by atoms with Crippen molar-refractivity contribution < 1.29 is 18.7 Å². The predicted molar refractivity (Wildman–Crippen MR) is 75.8 cm³/mol. The Labute approximate surface area is 117 Å². The summed E-state index contributed by atoms with van der Waals surface area (Å²) in [6.07, 6.45) is 3.13. The first-order chi connectivity index (χ1) is 9.72. The van der Waals surface area contributed by atoms with Gasteiger partial charge in [-0.05, 0) is 48.6 Å². The Kier molecular flexibility index (Phi) is 4.74. The minimum Gasteiger partial charge on any atom is -0.497 e. The second-order valence-electron chi connectivity index (χ2n) is 4.16. The molecule has 1 aromatic heterocycles. The van der Waals surface area contributed by atoms with E-state index in [1.807, 2.05) is 6.07 Å². The Morgan fingerprint density at radius 2 is 1.90 bits per heavy atom. The third-order valence-electron chi connectivity index (χ3n) is 2.74. The van der Waals surface area contributed by atoms with Crippen molar-refractivity contribution in [3.8, 4) is 5.75 Å². The zero-order valence-electron chi connectivity index (χ0n) is 11.5. The van der Waals surface area contributed by atoms with Gasteiger partial charge in [0.15, 0.2) is 5.78 Å². The minimum atomic E-state index is -0.0858. The van der Waals surface area contributed by atoms with Crippen molar-refractivity contribution in [2.45, 2.75) is 6.61 Å². The molecule has 1 aromatic carbocycles. The van der Waals surface area contributed by atoms with Crippen LogP contribution < -0.4 is 4.74 Å². The fourth-order valence-corrected chi connectivity index (χ4v) is 1.71. The maximum atomic E-state index is 12.0. The standard InChI is InChI=1S/C16H16O4/c1-18-11-15-8-7-14(20-15)9-10-16(17)12-3-5-13(19-2)6-4-12/h3-10H,11H2,1-2H3/b10-9+. The van der Waals surface area contributed by atoms with Gasteiger partial charge in [-0.1, -0.05) is 0 Å². The number of carbonyl (C=O) groups excluding carboxylic acids is 1. The predicted octanol–water partition coefficient (Wildman–Crippen LogP) is 3.33. The molecule has 0 fully saturated rings. The Bertz CT molecular complexity index is 593. The fraction of sp³-hybridized carbons (Fsp3) is 0.188. The minimum absolute atomic E-state index is 0.0858. The summed E-state index contributed by atoms with van der Waals surface area (Å²) in [6, 6.07) is 10.6. The van der Waals surface area contributed by atoms with E-state index in [4.69, 9.17) is 13.9 Å². The van der Waals surface area contributed by atoms with Gasteiger partial charge < -0.3 is 13.9 Å². The van der Waals surface area contributed by atoms with Gasteiger partial charge in [-0.3, -0.25) is 4.79 Å². The molecule has 2 rings (SSSR count). The Morgan fingerprint density at radius 1 is 1.15 bits per heavy atom. The maximum absolute atomic E-state index is 12.0. The molecule has 0 N–H and O–H groups in total. The molecule has 0 saturated heterocycles. The highest BCUT2D eigenvalue weighted by atomic mass is 16.5. The first-order valence-electron chi connectivity index (χ1n) is 6.17. The molecular formula is C16H16O4. The van der Waals surface area contributed by atoms with Crippen molar-refractivity contribution in [2.24, 2.45) is 0 Å². The summed E-state index contributed by atoms with van der Waals surface area (Å²) in [7, 11) is 3.19. The van der Waals surface area contributed by atoms with Crippen molar-refractivity contribution in [3.05, 3.63) is 59.6 Å². The summed E-state index contributed by atoms with van der Waals surface area (Å²) in [5.74, 6) is 1.99. The number of ether oxygens (including phenoxy) is 2. The summed E-state index contributed by atoms with van der Waals surface area (Å²) < 4.78 is 15.5. The smallest absolute Gasteiger partial charge is 0.185 e. The van der Waals surface area contributed by atoms with Gasteiger partial charge in [-0.25, -0.2) is 0 Å². The van der Waals surface area contributed by atoms with Crippen LogP contribution in [0.15, 0.2) is 46.9 Å². The normalized spacial score (nSPS) is 10.9. The van der Waals surface area contributed by atoms with Crippen molar-refractivity contribution >= 4 is 11.9 Å². The highest BCUT2D eigenvalue weighted by Gasteiger charge is 2.03. The van der Waals surface area contributed by atoms with E-state index in [0.717, 1.165) is 11.5 Å². The fourth-order valence-electron chi connectivity index (χ4n) is 1.71. The zero-order chi connectivity index (χ0) is 14.4. The highest BCUT2D eigenvalue weighted by molar-refractivity contribution is 6.06.